The van der Waals surface area contributed by atoms with Crippen molar-refractivity contribution in [2.75, 3.05) is 30.0 Å². The molecule has 2 heterocycles. The van der Waals surface area contributed by atoms with Crippen LogP contribution in [-0.2, 0) is 0 Å². The van der Waals surface area contributed by atoms with Crippen LogP contribution in [0.25, 0.3) is 0 Å². The van der Waals surface area contributed by atoms with Crippen LogP contribution >= 0.6 is 23.4 Å². The molecule has 0 aliphatic carbocycles. The van der Waals surface area contributed by atoms with Gasteiger partial charge in [0.05, 0.1) is 10.7 Å². The molecule has 2 aliphatic rings. The third-order valence-corrected chi connectivity index (χ3v) is 4.40. The highest BCUT2D eigenvalue weighted by molar-refractivity contribution is 7.99. The van der Waals surface area contributed by atoms with Crippen LogP contribution < -0.4 is 14.8 Å². The molecule has 0 saturated carbocycles. The van der Waals surface area contributed by atoms with E-state index in [1.807, 2.05) is 23.9 Å². The molecule has 3 nitrogen and oxygen atoms in total. The topological polar surface area (TPSA) is 30.5 Å². The van der Waals surface area contributed by atoms with E-state index in [-0.39, 0.29) is 0 Å². The summed E-state index contributed by atoms with van der Waals surface area (Å²) in [6.45, 7) is 1.20. The normalized spacial score (nSPS) is 22.5. The lowest BCUT2D eigenvalue weighted by molar-refractivity contribution is 0.171. The van der Waals surface area contributed by atoms with Gasteiger partial charge in [0.25, 0.3) is 0 Å². The minimum absolute atomic E-state index is 0.514. The molecule has 1 atom stereocenters. The van der Waals surface area contributed by atoms with Gasteiger partial charge in [-0.05, 0) is 12.2 Å². The molecular formula is C12H14ClNO2S. The van der Waals surface area contributed by atoms with E-state index in [0.717, 1.165) is 22.9 Å². The molecule has 0 bridgehead atoms. The molecule has 0 spiro atoms. The fraction of sp³-hybridized carbons (Fsp3) is 0.500. The van der Waals surface area contributed by atoms with Gasteiger partial charge in [-0.1, -0.05) is 11.6 Å². The first-order valence-corrected chi connectivity index (χ1v) is 7.29. The van der Waals surface area contributed by atoms with Gasteiger partial charge in [0.15, 0.2) is 11.5 Å². The Hall–Kier alpha value is -0.740. The minimum atomic E-state index is 0.514. The molecule has 17 heavy (non-hydrogen) atoms. The van der Waals surface area contributed by atoms with Crippen LogP contribution in [0.4, 0.5) is 5.69 Å². The molecule has 1 aromatic rings. The van der Waals surface area contributed by atoms with Gasteiger partial charge >= 0.3 is 0 Å². The maximum Gasteiger partial charge on any atom is 0.163 e. The van der Waals surface area contributed by atoms with E-state index in [2.05, 4.69) is 5.32 Å². The fourth-order valence-electron chi connectivity index (χ4n) is 2.04. The van der Waals surface area contributed by atoms with E-state index in [4.69, 9.17) is 21.1 Å². The van der Waals surface area contributed by atoms with E-state index >= 15 is 0 Å². The fourth-order valence-corrected chi connectivity index (χ4v) is 3.40. The zero-order valence-corrected chi connectivity index (χ0v) is 10.9. The Morgan fingerprint density at radius 3 is 2.71 bits per heavy atom. The summed E-state index contributed by atoms with van der Waals surface area (Å²) < 4.78 is 11.0. The Balaban J connectivity index is 1.83. The lowest BCUT2D eigenvalue weighted by Gasteiger charge is -2.21. The molecule has 3 rings (SSSR count). The van der Waals surface area contributed by atoms with Crippen LogP contribution in [0.3, 0.4) is 0 Å². The number of ether oxygens (including phenoxy) is 2. The Morgan fingerprint density at radius 2 is 2.00 bits per heavy atom. The molecule has 0 radical (unpaired) electrons. The number of benzene rings is 1. The quantitative estimate of drug-likeness (QED) is 0.896. The Morgan fingerprint density at radius 1 is 1.24 bits per heavy atom. The Bertz CT molecular complexity index is 421. The van der Waals surface area contributed by atoms with Gasteiger partial charge in [0, 0.05) is 23.9 Å². The maximum atomic E-state index is 6.23. The monoisotopic (exact) mass is 271 g/mol. The van der Waals surface area contributed by atoms with Crippen molar-refractivity contribution >= 4 is 29.1 Å². The first-order valence-electron chi connectivity index (χ1n) is 5.76. The van der Waals surface area contributed by atoms with Gasteiger partial charge in [-0.15, -0.1) is 0 Å². The molecule has 1 N–H and O–H groups in total. The average Bonchev–Trinajstić information content (AvgIpc) is 2.83. The molecule has 0 aromatic heterocycles. The molecule has 5 heteroatoms. The summed E-state index contributed by atoms with van der Waals surface area (Å²) in [5.41, 5.74) is 0.948. The molecular weight excluding hydrogens is 258 g/mol. The third kappa shape index (κ3) is 2.43. The van der Waals surface area contributed by atoms with Crippen molar-refractivity contribution in [2.45, 2.75) is 12.5 Å². The van der Waals surface area contributed by atoms with Crippen molar-refractivity contribution in [1.29, 1.82) is 0 Å². The maximum absolute atomic E-state index is 6.23. The number of thioether (sulfide) groups is 1. The molecule has 1 saturated heterocycles. The average molecular weight is 272 g/mol. The van der Waals surface area contributed by atoms with Gasteiger partial charge in [-0.25, -0.2) is 0 Å². The van der Waals surface area contributed by atoms with Crippen molar-refractivity contribution < 1.29 is 9.47 Å². The standard InChI is InChI=1S/C12H14ClNO2S/c13-9-5-11-12(16-3-2-15-11)6-10(9)14-8-1-4-17-7-8/h5-6,8,14H,1-4,7H2. The summed E-state index contributed by atoms with van der Waals surface area (Å²) in [5, 5.41) is 4.17. The van der Waals surface area contributed by atoms with Crippen LogP contribution in [0.1, 0.15) is 6.42 Å². The second kappa shape index (κ2) is 4.86. The van der Waals surface area contributed by atoms with Crippen molar-refractivity contribution in [2.24, 2.45) is 0 Å². The number of fused-ring (bicyclic) bond motifs is 1. The van der Waals surface area contributed by atoms with Gasteiger partial charge in [0.1, 0.15) is 13.2 Å². The number of hydrogen-bond donors (Lipinski definition) is 1. The van der Waals surface area contributed by atoms with Crippen LogP contribution in [0.2, 0.25) is 5.02 Å². The Labute approximate surface area is 110 Å². The lowest BCUT2D eigenvalue weighted by atomic mass is 10.2. The molecule has 92 valence electrons. The smallest absolute Gasteiger partial charge is 0.163 e. The predicted octanol–water partition coefficient (Wildman–Crippen LogP) is 3.03. The second-order valence-corrected chi connectivity index (χ2v) is 5.74. The summed E-state index contributed by atoms with van der Waals surface area (Å²) in [5.74, 6) is 3.89. The highest BCUT2D eigenvalue weighted by atomic mass is 35.5. The van der Waals surface area contributed by atoms with Crippen LogP contribution in [0.5, 0.6) is 11.5 Å². The number of rotatable bonds is 2. The van der Waals surface area contributed by atoms with E-state index in [9.17, 15) is 0 Å². The van der Waals surface area contributed by atoms with Crippen molar-refractivity contribution in [1.82, 2.24) is 0 Å². The SMILES string of the molecule is Clc1cc2c(cc1NC1CCSC1)OCCO2. The number of halogens is 1. The molecule has 1 aromatic carbocycles. The largest absolute Gasteiger partial charge is 0.486 e. The molecule has 1 fully saturated rings. The van der Waals surface area contributed by atoms with Crippen LogP contribution in [-0.4, -0.2) is 30.8 Å². The van der Waals surface area contributed by atoms with Gasteiger partial charge in [-0.3, -0.25) is 0 Å². The first kappa shape index (κ1) is 11.4. The lowest BCUT2D eigenvalue weighted by Crippen LogP contribution is -2.19. The van der Waals surface area contributed by atoms with E-state index < -0.39 is 0 Å². The highest BCUT2D eigenvalue weighted by Crippen LogP contribution is 2.38. The first-order chi connectivity index (χ1) is 8.33. The summed E-state index contributed by atoms with van der Waals surface area (Å²) in [6, 6.07) is 4.29. The molecule has 1 unspecified atom stereocenters. The predicted molar refractivity (Wildman–Crippen MR) is 71.8 cm³/mol. The van der Waals surface area contributed by atoms with Crippen molar-refractivity contribution in [3.63, 3.8) is 0 Å². The zero-order chi connectivity index (χ0) is 11.7. The van der Waals surface area contributed by atoms with E-state index in [1.165, 1.54) is 12.2 Å². The van der Waals surface area contributed by atoms with Crippen LogP contribution in [0.15, 0.2) is 12.1 Å². The second-order valence-electron chi connectivity index (χ2n) is 4.18. The highest BCUT2D eigenvalue weighted by Gasteiger charge is 2.19. The molecule has 2 aliphatic heterocycles. The zero-order valence-electron chi connectivity index (χ0n) is 9.37. The van der Waals surface area contributed by atoms with Crippen molar-refractivity contribution in [3.8, 4) is 11.5 Å². The van der Waals surface area contributed by atoms with Crippen molar-refractivity contribution in [3.05, 3.63) is 17.2 Å². The minimum Gasteiger partial charge on any atom is -0.486 e. The third-order valence-electron chi connectivity index (χ3n) is 2.92. The number of anilines is 1. The van der Waals surface area contributed by atoms with E-state index in [1.54, 1.807) is 0 Å². The summed E-state index contributed by atoms with van der Waals surface area (Å²) in [7, 11) is 0. The van der Waals surface area contributed by atoms with Gasteiger partial charge < -0.3 is 14.8 Å². The Kier molecular flexibility index (Phi) is 3.25. The van der Waals surface area contributed by atoms with Gasteiger partial charge in [0.2, 0.25) is 0 Å². The molecule has 0 amide bonds. The van der Waals surface area contributed by atoms with E-state index in [0.29, 0.717) is 24.3 Å². The van der Waals surface area contributed by atoms with Gasteiger partial charge in [-0.2, -0.15) is 11.8 Å². The summed E-state index contributed by atoms with van der Waals surface area (Å²) in [6.07, 6.45) is 1.19. The number of nitrogens with one attached hydrogen (secondary N) is 1. The number of hydrogen-bond acceptors (Lipinski definition) is 4. The summed E-state index contributed by atoms with van der Waals surface area (Å²) >= 11 is 8.21. The summed E-state index contributed by atoms with van der Waals surface area (Å²) in [4.78, 5) is 0. The van der Waals surface area contributed by atoms with Crippen LogP contribution in [0, 0.1) is 0 Å².